The number of ether oxygens (including phenoxy) is 1. The number of carbonyl (C=O) groups excluding carboxylic acids is 1. The molecule has 2 bridgehead atoms. The van der Waals surface area contributed by atoms with E-state index in [1.165, 1.54) is 24.8 Å². The van der Waals surface area contributed by atoms with Crippen molar-refractivity contribution in [3.8, 4) is 5.75 Å². The van der Waals surface area contributed by atoms with Gasteiger partial charge in [0.25, 0.3) is 5.91 Å². The van der Waals surface area contributed by atoms with Gasteiger partial charge in [0.05, 0.1) is 12.0 Å². The molecule has 35 heavy (non-hydrogen) atoms. The SMILES string of the molecule is CCc1c(OC2CCC(CC)CC2)ccc2cc(C(=O)N3C4CCCC3CC(C(=O)O)C4)ccc12. The largest absolute Gasteiger partial charge is 0.490 e. The maximum absolute atomic E-state index is 13.6. The van der Waals surface area contributed by atoms with Gasteiger partial charge in [-0.2, -0.15) is 0 Å². The summed E-state index contributed by atoms with van der Waals surface area (Å²) in [5.74, 6) is 0.847. The molecule has 0 spiro atoms. The minimum absolute atomic E-state index is 0.0385. The van der Waals surface area contributed by atoms with E-state index in [2.05, 4.69) is 32.0 Å². The molecule has 2 heterocycles. The number of nitrogens with zero attached hydrogens (tertiary/aromatic N) is 1. The standard InChI is InChI=1S/C30H39NO4/c1-3-19-8-12-25(13-9-19)35-28-15-11-20-16-21(10-14-27(20)26(28)4-2)29(32)31-23-6-5-7-24(31)18-22(17-23)30(33)34/h10-11,14-16,19,22-25H,3-9,12-13,17-18H2,1-2H3,(H,33,34). The minimum atomic E-state index is -0.719. The first kappa shape index (κ1) is 24.1. The van der Waals surface area contributed by atoms with Crippen molar-refractivity contribution in [3.63, 3.8) is 0 Å². The summed E-state index contributed by atoms with van der Waals surface area (Å²) in [7, 11) is 0. The van der Waals surface area contributed by atoms with Crippen molar-refractivity contribution in [1.82, 2.24) is 4.90 Å². The summed E-state index contributed by atoms with van der Waals surface area (Å²) in [6, 6.07) is 10.3. The molecule has 1 amide bonds. The number of hydrogen-bond acceptors (Lipinski definition) is 3. The summed E-state index contributed by atoms with van der Waals surface area (Å²) >= 11 is 0. The van der Waals surface area contributed by atoms with E-state index < -0.39 is 5.97 Å². The molecular weight excluding hydrogens is 438 g/mol. The summed E-state index contributed by atoms with van der Waals surface area (Å²) in [4.78, 5) is 27.2. The van der Waals surface area contributed by atoms with E-state index in [4.69, 9.17) is 4.74 Å². The van der Waals surface area contributed by atoms with E-state index in [1.807, 2.05) is 17.0 Å². The molecule has 2 unspecified atom stereocenters. The highest BCUT2D eigenvalue weighted by atomic mass is 16.5. The molecule has 0 radical (unpaired) electrons. The van der Waals surface area contributed by atoms with Crippen molar-refractivity contribution < 1.29 is 19.4 Å². The molecule has 2 saturated heterocycles. The summed E-state index contributed by atoms with van der Waals surface area (Å²) in [5.41, 5.74) is 1.93. The van der Waals surface area contributed by atoms with Gasteiger partial charge in [-0.15, -0.1) is 0 Å². The molecule has 3 aliphatic rings. The Morgan fingerprint density at radius 1 is 0.971 bits per heavy atom. The van der Waals surface area contributed by atoms with Gasteiger partial charge in [-0.25, -0.2) is 0 Å². The predicted octanol–water partition coefficient (Wildman–Crippen LogP) is 6.61. The second kappa shape index (κ2) is 10.2. The zero-order valence-electron chi connectivity index (χ0n) is 21.2. The van der Waals surface area contributed by atoms with Crippen molar-refractivity contribution in [2.24, 2.45) is 11.8 Å². The Morgan fingerprint density at radius 3 is 2.31 bits per heavy atom. The average Bonchev–Trinajstić information content (AvgIpc) is 2.87. The van der Waals surface area contributed by atoms with Gasteiger partial charge < -0.3 is 14.7 Å². The number of carbonyl (C=O) groups is 2. The molecule has 5 heteroatoms. The zero-order chi connectivity index (χ0) is 24.5. The Bertz CT molecular complexity index is 1070. The highest BCUT2D eigenvalue weighted by Gasteiger charge is 2.43. The van der Waals surface area contributed by atoms with Crippen molar-refractivity contribution in [3.05, 3.63) is 41.5 Å². The molecule has 2 atom stereocenters. The molecule has 2 aliphatic heterocycles. The number of benzene rings is 2. The molecule has 3 fully saturated rings. The number of aryl methyl sites for hydroxylation is 1. The molecule has 1 N–H and O–H groups in total. The number of carboxylic acids is 1. The van der Waals surface area contributed by atoms with Gasteiger partial charge in [0.15, 0.2) is 0 Å². The van der Waals surface area contributed by atoms with Gasteiger partial charge in [0.2, 0.25) is 0 Å². The first-order chi connectivity index (χ1) is 17.0. The van der Waals surface area contributed by atoms with Crippen molar-refractivity contribution in [2.45, 2.75) is 103 Å². The predicted molar refractivity (Wildman–Crippen MR) is 138 cm³/mol. The van der Waals surface area contributed by atoms with Crippen LogP contribution in [0.1, 0.15) is 94.0 Å². The van der Waals surface area contributed by atoms with Crippen LogP contribution in [0.3, 0.4) is 0 Å². The van der Waals surface area contributed by atoms with Crippen LogP contribution in [-0.4, -0.2) is 40.1 Å². The lowest BCUT2D eigenvalue weighted by atomic mass is 9.78. The Kier molecular flexibility index (Phi) is 7.04. The number of aliphatic carboxylic acids is 1. The number of fused-ring (bicyclic) bond motifs is 3. The maximum Gasteiger partial charge on any atom is 0.306 e. The zero-order valence-corrected chi connectivity index (χ0v) is 21.2. The number of rotatable bonds is 6. The van der Waals surface area contributed by atoms with Gasteiger partial charge in [-0.05, 0) is 99.1 Å². The van der Waals surface area contributed by atoms with Crippen LogP contribution in [0.4, 0.5) is 0 Å². The van der Waals surface area contributed by atoms with E-state index in [0.717, 1.165) is 61.0 Å². The van der Waals surface area contributed by atoms with Crippen LogP contribution in [-0.2, 0) is 11.2 Å². The first-order valence-corrected chi connectivity index (χ1v) is 13.8. The van der Waals surface area contributed by atoms with E-state index in [-0.39, 0.29) is 23.9 Å². The van der Waals surface area contributed by atoms with Gasteiger partial charge in [0, 0.05) is 23.2 Å². The third-order valence-corrected chi connectivity index (χ3v) is 8.91. The molecule has 1 saturated carbocycles. The normalized spacial score (nSPS) is 28.6. The fraction of sp³-hybridized carbons (Fsp3) is 0.600. The molecule has 2 aromatic rings. The lowest BCUT2D eigenvalue weighted by molar-refractivity contribution is -0.145. The second-order valence-electron chi connectivity index (χ2n) is 11.0. The Morgan fingerprint density at radius 2 is 1.69 bits per heavy atom. The number of hydrogen-bond donors (Lipinski definition) is 1. The lowest BCUT2D eigenvalue weighted by Gasteiger charge is -2.48. The van der Waals surface area contributed by atoms with Crippen molar-refractivity contribution >= 4 is 22.6 Å². The van der Waals surface area contributed by atoms with Crippen molar-refractivity contribution in [2.75, 3.05) is 0 Å². The number of carboxylic acid groups (broad SMARTS) is 1. The van der Waals surface area contributed by atoms with Gasteiger partial charge in [-0.1, -0.05) is 32.4 Å². The summed E-state index contributed by atoms with van der Waals surface area (Å²) in [5, 5.41) is 11.8. The smallest absolute Gasteiger partial charge is 0.306 e. The monoisotopic (exact) mass is 477 g/mol. The number of amides is 1. The maximum atomic E-state index is 13.6. The highest BCUT2D eigenvalue weighted by Crippen LogP contribution is 2.39. The highest BCUT2D eigenvalue weighted by molar-refractivity contribution is 6.00. The van der Waals surface area contributed by atoms with E-state index in [9.17, 15) is 14.7 Å². The fourth-order valence-corrected chi connectivity index (χ4v) is 6.88. The Hall–Kier alpha value is -2.56. The Labute approximate surface area is 208 Å². The Balaban J connectivity index is 1.36. The molecule has 0 aromatic heterocycles. The quantitative estimate of drug-likeness (QED) is 0.508. The molecule has 5 nitrogen and oxygen atoms in total. The number of piperidine rings is 2. The molecular formula is C30H39NO4. The van der Waals surface area contributed by atoms with Crippen LogP contribution >= 0.6 is 0 Å². The molecule has 188 valence electrons. The van der Waals surface area contributed by atoms with Crippen LogP contribution in [0, 0.1) is 11.8 Å². The van der Waals surface area contributed by atoms with Crippen LogP contribution in [0.5, 0.6) is 5.75 Å². The van der Waals surface area contributed by atoms with Crippen LogP contribution in [0.2, 0.25) is 0 Å². The molecule has 5 rings (SSSR count). The molecule has 2 aromatic carbocycles. The van der Waals surface area contributed by atoms with Crippen LogP contribution in [0.15, 0.2) is 30.3 Å². The molecule has 1 aliphatic carbocycles. The average molecular weight is 478 g/mol. The van der Waals surface area contributed by atoms with Gasteiger partial charge in [-0.3, -0.25) is 9.59 Å². The van der Waals surface area contributed by atoms with E-state index in [0.29, 0.717) is 24.5 Å². The summed E-state index contributed by atoms with van der Waals surface area (Å²) in [6.07, 6.45) is 11.3. The third-order valence-electron chi connectivity index (χ3n) is 8.91. The summed E-state index contributed by atoms with van der Waals surface area (Å²) < 4.78 is 6.51. The fourth-order valence-electron chi connectivity index (χ4n) is 6.88. The topological polar surface area (TPSA) is 66.8 Å². The van der Waals surface area contributed by atoms with E-state index >= 15 is 0 Å². The third kappa shape index (κ3) is 4.79. The first-order valence-electron chi connectivity index (χ1n) is 13.8. The van der Waals surface area contributed by atoms with Crippen LogP contribution in [0.25, 0.3) is 10.8 Å². The van der Waals surface area contributed by atoms with Crippen LogP contribution < -0.4 is 4.74 Å². The second-order valence-corrected chi connectivity index (χ2v) is 11.0. The van der Waals surface area contributed by atoms with E-state index in [1.54, 1.807) is 0 Å². The summed E-state index contributed by atoms with van der Waals surface area (Å²) in [6.45, 7) is 4.45. The van der Waals surface area contributed by atoms with Gasteiger partial charge in [0.1, 0.15) is 5.75 Å². The van der Waals surface area contributed by atoms with Gasteiger partial charge >= 0.3 is 5.97 Å². The van der Waals surface area contributed by atoms with Crippen molar-refractivity contribution in [1.29, 1.82) is 0 Å². The lowest BCUT2D eigenvalue weighted by Crippen LogP contribution is -2.55. The minimum Gasteiger partial charge on any atom is -0.490 e.